The van der Waals surface area contributed by atoms with Crippen molar-refractivity contribution >= 4 is 5.78 Å². The predicted molar refractivity (Wildman–Crippen MR) is 53.4 cm³/mol. The van der Waals surface area contributed by atoms with Crippen LogP contribution >= 0.6 is 0 Å². The number of nitrogens with two attached hydrogens (primary N) is 1. The fraction of sp³-hybridized carbons (Fsp3) is 0.364. The lowest BCUT2D eigenvalue weighted by Gasteiger charge is -2.11. The average molecular weight is 209 g/mol. The van der Waals surface area contributed by atoms with E-state index in [1.165, 1.54) is 25.3 Å². The third-order valence-corrected chi connectivity index (χ3v) is 2.65. The second-order valence-corrected chi connectivity index (χ2v) is 3.83. The van der Waals surface area contributed by atoms with E-state index in [4.69, 9.17) is 10.5 Å². The number of carbonyl (C=O) groups excluding carboxylic acids is 1. The number of rotatable bonds is 3. The number of halogens is 1. The van der Waals surface area contributed by atoms with Crippen molar-refractivity contribution in [3.05, 3.63) is 29.6 Å². The Labute approximate surface area is 87.0 Å². The molecular formula is C11H12FNO2. The summed E-state index contributed by atoms with van der Waals surface area (Å²) in [6, 6.07) is 3.87. The summed E-state index contributed by atoms with van der Waals surface area (Å²) in [5, 5.41) is 0. The number of methoxy groups -OCH3 is 1. The zero-order valence-electron chi connectivity index (χ0n) is 8.42. The fourth-order valence-electron chi connectivity index (χ4n) is 1.49. The van der Waals surface area contributed by atoms with Gasteiger partial charge >= 0.3 is 0 Å². The smallest absolute Gasteiger partial charge is 0.186 e. The van der Waals surface area contributed by atoms with Crippen LogP contribution in [-0.2, 0) is 0 Å². The molecule has 80 valence electrons. The van der Waals surface area contributed by atoms with E-state index in [1.54, 1.807) is 0 Å². The number of ether oxygens (including phenoxy) is 1. The van der Waals surface area contributed by atoms with Crippen molar-refractivity contribution in [2.24, 2.45) is 5.73 Å². The van der Waals surface area contributed by atoms with Gasteiger partial charge in [0, 0.05) is 0 Å². The molecule has 2 N–H and O–H groups in total. The highest BCUT2D eigenvalue weighted by molar-refractivity contribution is 6.07. The van der Waals surface area contributed by atoms with Gasteiger partial charge in [0.1, 0.15) is 11.6 Å². The molecule has 1 aliphatic rings. The zero-order chi connectivity index (χ0) is 11.1. The highest BCUT2D eigenvalue weighted by Crippen LogP contribution is 2.37. The van der Waals surface area contributed by atoms with Gasteiger partial charge in [0.05, 0.1) is 18.2 Å². The third kappa shape index (κ3) is 1.72. The van der Waals surface area contributed by atoms with Crippen molar-refractivity contribution in [1.82, 2.24) is 0 Å². The first-order chi connectivity index (χ1) is 7.07. The van der Waals surface area contributed by atoms with Crippen LogP contribution in [0.3, 0.4) is 0 Å². The maximum absolute atomic E-state index is 13.0. The Morgan fingerprint density at radius 3 is 2.73 bits per heavy atom. The molecule has 1 fully saturated rings. The van der Waals surface area contributed by atoms with Crippen molar-refractivity contribution in [3.8, 4) is 5.75 Å². The Bertz CT molecular complexity index is 413. The number of hydrogen-bond acceptors (Lipinski definition) is 3. The Kier molecular flexibility index (Phi) is 2.23. The molecule has 15 heavy (non-hydrogen) atoms. The van der Waals surface area contributed by atoms with E-state index in [2.05, 4.69) is 0 Å². The summed E-state index contributed by atoms with van der Waals surface area (Å²) in [6.07, 6.45) is 1.32. The number of hydrogen-bond donors (Lipinski definition) is 1. The SMILES string of the molecule is COc1ccc(F)cc1C(=O)C1(N)CC1. The normalized spacial score (nSPS) is 17.3. The van der Waals surface area contributed by atoms with Gasteiger partial charge in [-0.1, -0.05) is 0 Å². The molecule has 1 aromatic carbocycles. The van der Waals surface area contributed by atoms with Gasteiger partial charge in [0.15, 0.2) is 5.78 Å². The molecule has 2 rings (SSSR count). The van der Waals surface area contributed by atoms with Crippen LogP contribution in [0, 0.1) is 5.82 Å². The van der Waals surface area contributed by atoms with Crippen molar-refractivity contribution in [3.63, 3.8) is 0 Å². The molecule has 1 saturated carbocycles. The summed E-state index contributed by atoms with van der Waals surface area (Å²) in [5.74, 6) is -0.319. The van der Waals surface area contributed by atoms with E-state index >= 15 is 0 Å². The minimum atomic E-state index is -0.791. The van der Waals surface area contributed by atoms with E-state index in [9.17, 15) is 9.18 Å². The van der Waals surface area contributed by atoms with Crippen LogP contribution < -0.4 is 10.5 Å². The Balaban J connectivity index is 2.41. The Morgan fingerprint density at radius 1 is 1.53 bits per heavy atom. The number of benzene rings is 1. The number of carbonyl (C=O) groups is 1. The molecule has 0 unspecified atom stereocenters. The van der Waals surface area contributed by atoms with E-state index in [0.29, 0.717) is 18.6 Å². The summed E-state index contributed by atoms with van der Waals surface area (Å²) < 4.78 is 18.0. The van der Waals surface area contributed by atoms with Crippen LogP contribution in [0.2, 0.25) is 0 Å². The lowest BCUT2D eigenvalue weighted by Crippen LogP contribution is -2.33. The molecule has 0 heterocycles. The van der Waals surface area contributed by atoms with Crippen LogP contribution in [0.5, 0.6) is 5.75 Å². The van der Waals surface area contributed by atoms with Gasteiger partial charge in [-0.25, -0.2) is 4.39 Å². The first-order valence-electron chi connectivity index (χ1n) is 4.74. The van der Waals surface area contributed by atoms with Gasteiger partial charge in [0.2, 0.25) is 0 Å². The van der Waals surface area contributed by atoms with Crippen LogP contribution in [0.1, 0.15) is 23.2 Å². The number of Topliss-reactive ketones (excluding diaryl/α,β-unsaturated/α-hetero) is 1. The van der Waals surface area contributed by atoms with E-state index in [1.807, 2.05) is 0 Å². The van der Waals surface area contributed by atoms with Crippen molar-refractivity contribution in [2.45, 2.75) is 18.4 Å². The molecule has 1 aromatic rings. The molecule has 0 radical (unpaired) electrons. The average Bonchev–Trinajstić information content (AvgIpc) is 2.96. The maximum atomic E-state index is 13.0. The van der Waals surface area contributed by atoms with E-state index in [-0.39, 0.29) is 11.3 Å². The summed E-state index contributed by atoms with van der Waals surface area (Å²) in [4.78, 5) is 11.9. The zero-order valence-corrected chi connectivity index (χ0v) is 8.42. The molecule has 0 spiro atoms. The monoisotopic (exact) mass is 209 g/mol. The van der Waals surface area contributed by atoms with Gasteiger partial charge in [-0.3, -0.25) is 4.79 Å². The summed E-state index contributed by atoms with van der Waals surface area (Å²) >= 11 is 0. The fourth-order valence-corrected chi connectivity index (χ4v) is 1.49. The molecule has 1 aliphatic carbocycles. The quantitative estimate of drug-likeness (QED) is 0.767. The molecule has 3 nitrogen and oxygen atoms in total. The topological polar surface area (TPSA) is 52.3 Å². The van der Waals surface area contributed by atoms with Crippen molar-refractivity contribution < 1.29 is 13.9 Å². The summed E-state index contributed by atoms with van der Waals surface area (Å²) in [5.41, 5.74) is 5.21. The summed E-state index contributed by atoms with van der Waals surface area (Å²) in [6.45, 7) is 0. The third-order valence-electron chi connectivity index (χ3n) is 2.65. The first kappa shape index (κ1) is 10.1. The highest BCUT2D eigenvalue weighted by Gasteiger charge is 2.46. The molecule has 0 aromatic heterocycles. The second-order valence-electron chi connectivity index (χ2n) is 3.83. The molecule has 0 amide bonds. The van der Waals surface area contributed by atoms with Crippen LogP contribution in [0.4, 0.5) is 4.39 Å². The van der Waals surface area contributed by atoms with E-state index in [0.717, 1.165) is 0 Å². The largest absolute Gasteiger partial charge is 0.496 e. The molecule has 0 aliphatic heterocycles. The Hall–Kier alpha value is -1.42. The first-order valence-corrected chi connectivity index (χ1v) is 4.74. The van der Waals surface area contributed by atoms with Gasteiger partial charge in [0.25, 0.3) is 0 Å². The van der Waals surface area contributed by atoms with Gasteiger partial charge in [-0.15, -0.1) is 0 Å². The highest BCUT2D eigenvalue weighted by atomic mass is 19.1. The minimum Gasteiger partial charge on any atom is -0.496 e. The van der Waals surface area contributed by atoms with Crippen molar-refractivity contribution in [1.29, 1.82) is 0 Å². The van der Waals surface area contributed by atoms with Gasteiger partial charge < -0.3 is 10.5 Å². The molecule has 0 bridgehead atoms. The predicted octanol–water partition coefficient (Wildman–Crippen LogP) is 1.51. The van der Waals surface area contributed by atoms with Crippen LogP contribution in [0.15, 0.2) is 18.2 Å². The molecule has 4 heteroatoms. The van der Waals surface area contributed by atoms with Gasteiger partial charge in [-0.2, -0.15) is 0 Å². The van der Waals surface area contributed by atoms with Crippen molar-refractivity contribution in [2.75, 3.05) is 7.11 Å². The van der Waals surface area contributed by atoms with Crippen LogP contribution in [0.25, 0.3) is 0 Å². The summed E-state index contributed by atoms with van der Waals surface area (Å²) in [7, 11) is 1.44. The lowest BCUT2D eigenvalue weighted by molar-refractivity contribution is 0.0945. The number of ketones is 1. The lowest BCUT2D eigenvalue weighted by atomic mass is 10.0. The minimum absolute atomic E-state index is 0.234. The standard InChI is InChI=1S/C11H12FNO2/c1-15-9-3-2-7(12)6-8(9)10(14)11(13)4-5-11/h2-3,6H,4-5,13H2,1H3. The van der Waals surface area contributed by atoms with Gasteiger partial charge in [-0.05, 0) is 31.0 Å². The molecular weight excluding hydrogens is 197 g/mol. The van der Waals surface area contributed by atoms with Crippen LogP contribution in [-0.4, -0.2) is 18.4 Å². The molecule has 0 saturated heterocycles. The second kappa shape index (κ2) is 3.31. The Morgan fingerprint density at radius 2 is 2.20 bits per heavy atom. The maximum Gasteiger partial charge on any atom is 0.186 e. The molecule has 0 atom stereocenters. The van der Waals surface area contributed by atoms with E-state index < -0.39 is 11.4 Å².